The second kappa shape index (κ2) is 10.3. The summed E-state index contributed by atoms with van der Waals surface area (Å²) in [4.78, 5) is 24.1. The summed E-state index contributed by atoms with van der Waals surface area (Å²) in [6.45, 7) is 0.838. The SMILES string of the molecule is COCCn1nc(C(=O)NCCCc2nn(-c3ccc(F)cc3)c(N)c2C#N)ccc1=O. The number of nitriles is 1. The van der Waals surface area contributed by atoms with E-state index in [-0.39, 0.29) is 35.0 Å². The topological polar surface area (TPSA) is 141 Å². The zero-order valence-corrected chi connectivity index (χ0v) is 17.4. The molecule has 1 amide bonds. The van der Waals surface area contributed by atoms with E-state index in [1.807, 2.05) is 6.07 Å². The van der Waals surface area contributed by atoms with Gasteiger partial charge in [-0.25, -0.2) is 13.8 Å². The highest BCUT2D eigenvalue weighted by molar-refractivity contribution is 5.91. The number of benzene rings is 1. The monoisotopic (exact) mass is 439 g/mol. The predicted octanol–water partition coefficient (Wildman–Crippen LogP) is 1.03. The quantitative estimate of drug-likeness (QED) is 0.474. The third kappa shape index (κ3) is 5.16. The molecular weight excluding hydrogens is 417 g/mol. The molecule has 3 aromatic rings. The molecule has 0 fully saturated rings. The number of hydrogen-bond acceptors (Lipinski definition) is 7. The number of ether oxygens (including phenoxy) is 1. The van der Waals surface area contributed by atoms with Crippen molar-refractivity contribution < 1.29 is 13.9 Å². The van der Waals surface area contributed by atoms with Gasteiger partial charge in [0.2, 0.25) is 0 Å². The minimum Gasteiger partial charge on any atom is -0.383 e. The molecule has 0 radical (unpaired) electrons. The molecule has 0 saturated heterocycles. The van der Waals surface area contributed by atoms with Gasteiger partial charge in [-0.1, -0.05) is 0 Å². The molecule has 0 bridgehead atoms. The lowest BCUT2D eigenvalue weighted by molar-refractivity contribution is 0.0944. The Kier molecular flexibility index (Phi) is 7.30. The maximum absolute atomic E-state index is 13.2. The molecular formula is C21H22FN7O3. The Morgan fingerprint density at radius 3 is 2.69 bits per heavy atom. The minimum atomic E-state index is -0.423. The maximum atomic E-state index is 13.2. The van der Waals surface area contributed by atoms with Crippen molar-refractivity contribution >= 4 is 11.7 Å². The lowest BCUT2D eigenvalue weighted by Gasteiger charge is -2.07. The first kappa shape index (κ1) is 22.6. The Hall–Kier alpha value is -4.04. The van der Waals surface area contributed by atoms with E-state index in [0.29, 0.717) is 37.4 Å². The predicted molar refractivity (Wildman–Crippen MR) is 114 cm³/mol. The number of hydrogen-bond donors (Lipinski definition) is 2. The third-order valence-corrected chi connectivity index (χ3v) is 4.66. The van der Waals surface area contributed by atoms with Crippen LogP contribution in [0.2, 0.25) is 0 Å². The minimum absolute atomic E-state index is 0.114. The van der Waals surface area contributed by atoms with Gasteiger partial charge in [-0.2, -0.15) is 15.5 Å². The van der Waals surface area contributed by atoms with Gasteiger partial charge in [0.15, 0.2) is 0 Å². The number of aromatic nitrogens is 4. The fourth-order valence-electron chi connectivity index (χ4n) is 3.01. The fraction of sp³-hybridized carbons (Fsp3) is 0.286. The second-order valence-electron chi connectivity index (χ2n) is 6.84. The second-order valence-corrected chi connectivity index (χ2v) is 6.84. The lowest BCUT2D eigenvalue weighted by Crippen LogP contribution is -2.31. The molecule has 2 heterocycles. The molecule has 3 N–H and O–H groups in total. The standard InChI is InChI=1S/C21H22FN7O3/c1-32-12-11-28-19(30)9-8-18(26-28)21(31)25-10-2-3-17-16(13-23)20(24)29(27-17)15-6-4-14(22)5-7-15/h4-9H,2-3,10-12,24H2,1H3,(H,25,31). The van der Waals surface area contributed by atoms with Gasteiger partial charge in [-0.05, 0) is 43.2 Å². The van der Waals surface area contributed by atoms with Gasteiger partial charge in [0, 0.05) is 19.7 Å². The van der Waals surface area contributed by atoms with Crippen LogP contribution in [0, 0.1) is 17.1 Å². The van der Waals surface area contributed by atoms with Gasteiger partial charge >= 0.3 is 0 Å². The van der Waals surface area contributed by atoms with Crippen molar-refractivity contribution in [3.8, 4) is 11.8 Å². The van der Waals surface area contributed by atoms with Crippen molar-refractivity contribution in [1.29, 1.82) is 5.26 Å². The molecule has 3 rings (SSSR count). The third-order valence-electron chi connectivity index (χ3n) is 4.66. The lowest BCUT2D eigenvalue weighted by atomic mass is 10.1. The molecule has 0 atom stereocenters. The van der Waals surface area contributed by atoms with Crippen molar-refractivity contribution in [3.05, 3.63) is 69.5 Å². The van der Waals surface area contributed by atoms with Gasteiger partial charge < -0.3 is 15.8 Å². The summed E-state index contributed by atoms with van der Waals surface area (Å²) < 4.78 is 20.7. The number of rotatable bonds is 9. The van der Waals surface area contributed by atoms with Crippen LogP contribution in [-0.4, -0.2) is 45.7 Å². The molecule has 2 aromatic heterocycles. The molecule has 0 unspecified atom stereocenters. The summed E-state index contributed by atoms with van der Waals surface area (Å²) in [6.07, 6.45) is 0.881. The van der Waals surface area contributed by atoms with E-state index < -0.39 is 5.91 Å². The number of methoxy groups -OCH3 is 1. The van der Waals surface area contributed by atoms with E-state index >= 15 is 0 Å². The molecule has 166 valence electrons. The van der Waals surface area contributed by atoms with E-state index in [4.69, 9.17) is 10.5 Å². The highest BCUT2D eigenvalue weighted by Crippen LogP contribution is 2.21. The maximum Gasteiger partial charge on any atom is 0.271 e. The number of nitrogens with zero attached hydrogens (tertiary/aromatic N) is 5. The van der Waals surface area contributed by atoms with Crippen LogP contribution in [0.25, 0.3) is 5.69 Å². The Morgan fingerprint density at radius 1 is 1.25 bits per heavy atom. The van der Waals surface area contributed by atoms with Gasteiger partial charge in [-0.3, -0.25) is 9.59 Å². The number of carbonyl (C=O) groups is 1. The number of amides is 1. The summed E-state index contributed by atoms with van der Waals surface area (Å²) in [5.41, 5.74) is 7.10. The number of nitrogen functional groups attached to an aromatic ring is 1. The van der Waals surface area contributed by atoms with Crippen LogP contribution in [0.4, 0.5) is 10.2 Å². The van der Waals surface area contributed by atoms with E-state index in [9.17, 15) is 19.2 Å². The average molecular weight is 439 g/mol. The van der Waals surface area contributed by atoms with Gasteiger partial charge in [0.05, 0.1) is 24.5 Å². The van der Waals surface area contributed by atoms with Crippen molar-refractivity contribution in [1.82, 2.24) is 24.9 Å². The molecule has 10 nitrogen and oxygen atoms in total. The molecule has 0 aliphatic heterocycles. The molecule has 1 aromatic carbocycles. The van der Waals surface area contributed by atoms with Crippen molar-refractivity contribution in [2.45, 2.75) is 19.4 Å². The molecule has 0 aliphatic rings. The van der Waals surface area contributed by atoms with E-state index in [1.54, 1.807) is 0 Å². The van der Waals surface area contributed by atoms with E-state index in [0.717, 1.165) is 0 Å². The molecule has 0 aliphatic carbocycles. The summed E-state index contributed by atoms with van der Waals surface area (Å²) >= 11 is 0. The van der Waals surface area contributed by atoms with Crippen molar-refractivity contribution in [3.63, 3.8) is 0 Å². The summed E-state index contributed by atoms with van der Waals surface area (Å²) in [5.74, 6) is -0.645. The molecule has 0 spiro atoms. The molecule has 0 saturated carbocycles. The molecule has 32 heavy (non-hydrogen) atoms. The number of aryl methyl sites for hydroxylation is 1. The summed E-state index contributed by atoms with van der Waals surface area (Å²) in [6, 6.07) is 10.3. The fourth-order valence-corrected chi connectivity index (χ4v) is 3.01. The molecule has 11 heteroatoms. The summed E-state index contributed by atoms with van der Waals surface area (Å²) in [7, 11) is 1.51. The Morgan fingerprint density at radius 2 is 2.00 bits per heavy atom. The van der Waals surface area contributed by atoms with Crippen LogP contribution in [0.3, 0.4) is 0 Å². The largest absolute Gasteiger partial charge is 0.383 e. The number of nitrogens with two attached hydrogens (primary N) is 1. The first-order valence-corrected chi connectivity index (χ1v) is 9.83. The van der Waals surface area contributed by atoms with Gasteiger partial charge in [0.25, 0.3) is 11.5 Å². The Bertz CT molecular complexity index is 1200. The van der Waals surface area contributed by atoms with E-state index in [1.165, 1.54) is 52.9 Å². The van der Waals surface area contributed by atoms with Crippen molar-refractivity contribution in [2.75, 3.05) is 26.0 Å². The highest BCUT2D eigenvalue weighted by Gasteiger charge is 2.17. The van der Waals surface area contributed by atoms with Gasteiger partial charge in [0.1, 0.15) is 29.0 Å². The zero-order chi connectivity index (χ0) is 23.1. The first-order chi connectivity index (χ1) is 15.4. The number of anilines is 1. The number of nitrogens with one attached hydrogen (secondary N) is 1. The van der Waals surface area contributed by atoms with Crippen LogP contribution in [0.1, 0.15) is 28.2 Å². The number of carbonyl (C=O) groups excluding carboxylic acids is 1. The van der Waals surface area contributed by atoms with Crippen LogP contribution in [-0.2, 0) is 17.7 Å². The normalized spacial score (nSPS) is 10.7. The summed E-state index contributed by atoms with van der Waals surface area (Å²) in [5, 5.41) is 20.6. The van der Waals surface area contributed by atoms with Crippen LogP contribution < -0.4 is 16.6 Å². The first-order valence-electron chi connectivity index (χ1n) is 9.83. The average Bonchev–Trinajstić information content (AvgIpc) is 3.11. The van der Waals surface area contributed by atoms with Crippen LogP contribution in [0.5, 0.6) is 0 Å². The number of halogens is 1. The van der Waals surface area contributed by atoms with E-state index in [2.05, 4.69) is 15.5 Å². The van der Waals surface area contributed by atoms with Crippen molar-refractivity contribution in [2.24, 2.45) is 0 Å². The van der Waals surface area contributed by atoms with Crippen LogP contribution in [0.15, 0.2) is 41.2 Å². The smallest absolute Gasteiger partial charge is 0.271 e. The highest BCUT2D eigenvalue weighted by atomic mass is 19.1. The Labute approximate surface area is 183 Å². The van der Waals surface area contributed by atoms with Gasteiger partial charge in [-0.15, -0.1) is 0 Å². The zero-order valence-electron chi connectivity index (χ0n) is 17.4. The Balaban J connectivity index is 1.62. The van der Waals surface area contributed by atoms with Crippen LogP contribution >= 0.6 is 0 Å².